The van der Waals surface area contributed by atoms with Crippen LogP contribution in [0, 0.1) is 0 Å². The number of hydrogen-bond donors (Lipinski definition) is 1. The molecule has 92 valence electrons. The molecule has 4 heteroatoms. The molecule has 0 atom stereocenters. The summed E-state index contributed by atoms with van der Waals surface area (Å²) in [4.78, 5) is 10.6. The molecular formula is C13H15BrO3. The molecule has 0 saturated heterocycles. The van der Waals surface area contributed by atoms with Crippen LogP contribution in [0.2, 0.25) is 0 Å². The lowest BCUT2D eigenvalue weighted by molar-refractivity contribution is -0.136. The molecule has 0 aliphatic carbocycles. The van der Waals surface area contributed by atoms with Gasteiger partial charge in [0.15, 0.2) is 0 Å². The van der Waals surface area contributed by atoms with Crippen molar-refractivity contribution < 1.29 is 14.6 Å². The second-order valence-electron chi connectivity index (χ2n) is 4.99. The molecule has 1 heterocycles. The molecule has 1 aliphatic heterocycles. The minimum Gasteiger partial charge on any atom is -0.487 e. The van der Waals surface area contributed by atoms with Gasteiger partial charge < -0.3 is 9.84 Å². The fourth-order valence-electron chi connectivity index (χ4n) is 2.17. The van der Waals surface area contributed by atoms with Crippen molar-refractivity contribution >= 4 is 21.9 Å². The molecule has 0 bridgehead atoms. The molecule has 17 heavy (non-hydrogen) atoms. The van der Waals surface area contributed by atoms with E-state index in [9.17, 15) is 4.79 Å². The van der Waals surface area contributed by atoms with Crippen LogP contribution in [0.25, 0.3) is 0 Å². The zero-order valence-corrected chi connectivity index (χ0v) is 11.5. The average molecular weight is 299 g/mol. The highest BCUT2D eigenvalue weighted by atomic mass is 79.9. The quantitative estimate of drug-likeness (QED) is 0.932. The van der Waals surface area contributed by atoms with E-state index in [0.29, 0.717) is 6.42 Å². The second kappa shape index (κ2) is 4.33. The maximum atomic E-state index is 10.6. The van der Waals surface area contributed by atoms with Crippen molar-refractivity contribution in [3.63, 3.8) is 0 Å². The largest absolute Gasteiger partial charge is 0.487 e. The molecule has 0 aromatic heterocycles. The van der Waals surface area contributed by atoms with Crippen LogP contribution >= 0.6 is 15.9 Å². The van der Waals surface area contributed by atoms with E-state index < -0.39 is 5.97 Å². The number of ether oxygens (including phenoxy) is 1. The molecule has 3 nitrogen and oxygen atoms in total. The van der Waals surface area contributed by atoms with Gasteiger partial charge in [0.2, 0.25) is 0 Å². The normalized spacial score (nSPS) is 16.4. The third-order valence-electron chi connectivity index (χ3n) is 2.81. The smallest absolute Gasteiger partial charge is 0.303 e. The lowest BCUT2D eigenvalue weighted by Crippen LogP contribution is -2.24. The Morgan fingerprint density at radius 3 is 2.88 bits per heavy atom. The first-order valence-electron chi connectivity index (χ1n) is 5.59. The zero-order valence-electron chi connectivity index (χ0n) is 9.92. The van der Waals surface area contributed by atoms with E-state index in [2.05, 4.69) is 15.9 Å². The van der Waals surface area contributed by atoms with Crippen LogP contribution in [-0.2, 0) is 17.6 Å². The van der Waals surface area contributed by atoms with Gasteiger partial charge in [0.1, 0.15) is 11.4 Å². The number of hydrogen-bond acceptors (Lipinski definition) is 2. The molecule has 1 aromatic rings. The van der Waals surface area contributed by atoms with E-state index in [4.69, 9.17) is 9.84 Å². The standard InChI is InChI=1S/C13H15BrO3/c1-13(2)7-9-6-10(14)5-8(12(9)17-13)3-4-11(15)16/h5-6H,3-4,7H2,1-2H3,(H,15,16). The number of aryl methyl sites for hydroxylation is 1. The monoisotopic (exact) mass is 298 g/mol. The van der Waals surface area contributed by atoms with E-state index in [1.165, 1.54) is 0 Å². The van der Waals surface area contributed by atoms with Crippen LogP contribution in [0.5, 0.6) is 5.75 Å². The van der Waals surface area contributed by atoms with E-state index >= 15 is 0 Å². The molecule has 1 aromatic carbocycles. The second-order valence-corrected chi connectivity index (χ2v) is 5.90. The molecule has 2 rings (SSSR count). The Hall–Kier alpha value is -1.03. The predicted octanol–water partition coefficient (Wildman–Crippen LogP) is 3.18. The van der Waals surface area contributed by atoms with Gasteiger partial charge >= 0.3 is 5.97 Å². The van der Waals surface area contributed by atoms with Crippen molar-refractivity contribution in [2.24, 2.45) is 0 Å². The fourth-order valence-corrected chi connectivity index (χ4v) is 2.73. The number of benzene rings is 1. The van der Waals surface area contributed by atoms with Gasteiger partial charge in [0.05, 0.1) is 0 Å². The maximum Gasteiger partial charge on any atom is 0.303 e. The number of carboxylic acids is 1. The Kier molecular flexibility index (Phi) is 3.17. The van der Waals surface area contributed by atoms with Gasteiger partial charge in [0, 0.05) is 17.3 Å². The van der Waals surface area contributed by atoms with Gasteiger partial charge in [-0.1, -0.05) is 15.9 Å². The summed E-state index contributed by atoms with van der Waals surface area (Å²) in [6.07, 6.45) is 1.50. The van der Waals surface area contributed by atoms with Gasteiger partial charge in [-0.15, -0.1) is 0 Å². The molecule has 0 spiro atoms. The van der Waals surface area contributed by atoms with Crippen molar-refractivity contribution in [3.8, 4) is 5.75 Å². The first kappa shape index (κ1) is 12.4. The molecule has 1 aliphatic rings. The predicted molar refractivity (Wildman–Crippen MR) is 68.5 cm³/mol. The minimum atomic E-state index is -0.781. The van der Waals surface area contributed by atoms with Crippen molar-refractivity contribution in [2.75, 3.05) is 0 Å². The van der Waals surface area contributed by atoms with Crippen LogP contribution in [0.4, 0.5) is 0 Å². The number of fused-ring (bicyclic) bond motifs is 1. The Morgan fingerprint density at radius 2 is 2.24 bits per heavy atom. The van der Waals surface area contributed by atoms with Gasteiger partial charge in [-0.3, -0.25) is 4.79 Å². The first-order chi connectivity index (χ1) is 7.87. The maximum absolute atomic E-state index is 10.6. The summed E-state index contributed by atoms with van der Waals surface area (Å²) >= 11 is 3.46. The van der Waals surface area contributed by atoms with Crippen LogP contribution in [0.1, 0.15) is 31.4 Å². The lowest BCUT2D eigenvalue weighted by Gasteiger charge is -2.18. The third-order valence-corrected chi connectivity index (χ3v) is 3.27. The highest BCUT2D eigenvalue weighted by Gasteiger charge is 2.32. The number of carbonyl (C=O) groups is 1. The van der Waals surface area contributed by atoms with Crippen LogP contribution in [0.15, 0.2) is 16.6 Å². The first-order valence-corrected chi connectivity index (χ1v) is 6.39. The Morgan fingerprint density at radius 1 is 1.53 bits per heavy atom. The van der Waals surface area contributed by atoms with Crippen LogP contribution in [-0.4, -0.2) is 16.7 Å². The summed E-state index contributed by atoms with van der Waals surface area (Å²) in [5.74, 6) is 0.0930. The SMILES string of the molecule is CC1(C)Cc2cc(Br)cc(CCC(=O)O)c2O1. The minimum absolute atomic E-state index is 0.132. The summed E-state index contributed by atoms with van der Waals surface area (Å²) in [7, 11) is 0. The van der Waals surface area contributed by atoms with Crippen molar-refractivity contribution in [2.45, 2.75) is 38.7 Å². The van der Waals surface area contributed by atoms with Crippen LogP contribution < -0.4 is 4.74 Å². The highest BCUT2D eigenvalue weighted by Crippen LogP contribution is 2.40. The van der Waals surface area contributed by atoms with E-state index in [1.807, 2.05) is 26.0 Å². The average Bonchev–Trinajstić information content (AvgIpc) is 2.48. The number of carboxylic acid groups (broad SMARTS) is 1. The van der Waals surface area contributed by atoms with Crippen molar-refractivity contribution in [3.05, 3.63) is 27.7 Å². The highest BCUT2D eigenvalue weighted by molar-refractivity contribution is 9.10. The summed E-state index contributed by atoms with van der Waals surface area (Å²) in [6.45, 7) is 4.09. The number of rotatable bonds is 3. The summed E-state index contributed by atoms with van der Waals surface area (Å²) < 4.78 is 6.88. The van der Waals surface area contributed by atoms with E-state index in [0.717, 1.165) is 27.8 Å². The molecule has 0 unspecified atom stereocenters. The van der Waals surface area contributed by atoms with Crippen LogP contribution in [0.3, 0.4) is 0 Å². The van der Waals surface area contributed by atoms with E-state index in [-0.39, 0.29) is 12.0 Å². The number of halogens is 1. The van der Waals surface area contributed by atoms with Gasteiger partial charge in [0.25, 0.3) is 0 Å². The Bertz CT molecular complexity index is 466. The van der Waals surface area contributed by atoms with Crippen molar-refractivity contribution in [1.29, 1.82) is 0 Å². The van der Waals surface area contributed by atoms with Gasteiger partial charge in [-0.2, -0.15) is 0 Å². The molecular weight excluding hydrogens is 284 g/mol. The fraction of sp³-hybridized carbons (Fsp3) is 0.462. The Labute approximate surface area is 109 Å². The van der Waals surface area contributed by atoms with Gasteiger partial charge in [-0.25, -0.2) is 0 Å². The molecule has 0 radical (unpaired) electrons. The lowest BCUT2D eigenvalue weighted by atomic mass is 9.99. The Balaban J connectivity index is 2.31. The van der Waals surface area contributed by atoms with E-state index in [1.54, 1.807) is 0 Å². The topological polar surface area (TPSA) is 46.5 Å². The zero-order chi connectivity index (χ0) is 12.6. The summed E-state index contributed by atoms with van der Waals surface area (Å²) in [5.41, 5.74) is 1.94. The number of aliphatic carboxylic acids is 1. The molecule has 0 amide bonds. The summed E-state index contributed by atoms with van der Waals surface area (Å²) in [5, 5.41) is 8.74. The molecule has 1 N–H and O–H groups in total. The molecule has 0 saturated carbocycles. The summed E-state index contributed by atoms with van der Waals surface area (Å²) in [6, 6.07) is 4.00. The molecule has 0 fully saturated rings. The van der Waals surface area contributed by atoms with Crippen molar-refractivity contribution in [1.82, 2.24) is 0 Å². The van der Waals surface area contributed by atoms with Gasteiger partial charge in [-0.05, 0) is 43.5 Å². The third kappa shape index (κ3) is 2.80.